The Balaban J connectivity index is 0.00000210. The minimum Gasteiger partial charge on any atom is -0.494 e. The Hall–Kier alpha value is -2.73. The molecule has 0 fully saturated rings. The zero-order valence-electron chi connectivity index (χ0n) is 15.2. The number of benzene rings is 2. The largest absolute Gasteiger partial charge is 0.494 e. The first-order chi connectivity index (χ1) is 12.7. The molecule has 0 unspecified atom stereocenters. The van der Waals surface area contributed by atoms with Gasteiger partial charge < -0.3 is 19.9 Å². The van der Waals surface area contributed by atoms with Crippen LogP contribution in [0.4, 0.5) is 11.4 Å². The Morgan fingerprint density at radius 2 is 2.00 bits per heavy atom. The van der Waals surface area contributed by atoms with Gasteiger partial charge in [0.1, 0.15) is 5.75 Å². The highest BCUT2D eigenvalue weighted by Crippen LogP contribution is 2.32. The smallest absolute Gasteiger partial charge is 0.246 e. The van der Waals surface area contributed by atoms with Crippen molar-refractivity contribution in [1.82, 2.24) is 10.1 Å². The molecule has 2 aromatic carbocycles. The fourth-order valence-corrected chi connectivity index (χ4v) is 3.36. The standard InChI is InChI=1S/C20H22N4O2.ClH/c1-2-25-15-10-8-14(9-11-15)20-22-19(26-23-20)13-24-12-4-5-16-17(21)6-3-7-18(16)24;/h3,6-11H,2,4-5,12-13,21H2,1H3;1H. The number of nitrogen functional groups attached to an aromatic ring is 1. The summed E-state index contributed by atoms with van der Waals surface area (Å²) in [4.78, 5) is 6.81. The summed E-state index contributed by atoms with van der Waals surface area (Å²) in [6, 6.07) is 13.8. The summed E-state index contributed by atoms with van der Waals surface area (Å²) in [5.41, 5.74) is 10.3. The highest BCUT2D eigenvalue weighted by atomic mass is 35.5. The summed E-state index contributed by atoms with van der Waals surface area (Å²) in [7, 11) is 0. The second kappa shape index (κ2) is 8.31. The van der Waals surface area contributed by atoms with Gasteiger partial charge in [0.15, 0.2) is 0 Å². The molecule has 0 amide bonds. The second-order valence-corrected chi connectivity index (χ2v) is 6.34. The van der Waals surface area contributed by atoms with E-state index < -0.39 is 0 Å². The number of halogens is 1. The van der Waals surface area contributed by atoms with Crippen LogP contribution in [0.15, 0.2) is 47.0 Å². The van der Waals surface area contributed by atoms with Gasteiger partial charge in [-0.3, -0.25) is 0 Å². The topological polar surface area (TPSA) is 77.4 Å². The van der Waals surface area contributed by atoms with Gasteiger partial charge in [0.2, 0.25) is 11.7 Å². The van der Waals surface area contributed by atoms with Crippen molar-refractivity contribution < 1.29 is 9.26 Å². The first-order valence-corrected chi connectivity index (χ1v) is 8.92. The summed E-state index contributed by atoms with van der Waals surface area (Å²) in [6.07, 6.45) is 2.08. The number of nitrogens with two attached hydrogens (primary N) is 1. The molecule has 6 nitrogen and oxygen atoms in total. The number of fused-ring (bicyclic) bond motifs is 1. The van der Waals surface area contributed by atoms with Gasteiger partial charge in [0, 0.05) is 23.5 Å². The maximum absolute atomic E-state index is 6.12. The number of rotatable bonds is 5. The van der Waals surface area contributed by atoms with Crippen molar-refractivity contribution in [2.45, 2.75) is 26.3 Å². The highest BCUT2D eigenvalue weighted by molar-refractivity contribution is 5.85. The molecule has 3 aromatic rings. The molecule has 4 rings (SSSR count). The number of nitrogens with zero attached hydrogens (tertiary/aromatic N) is 3. The van der Waals surface area contributed by atoms with Gasteiger partial charge >= 0.3 is 0 Å². The third-order valence-electron chi connectivity index (χ3n) is 4.60. The van der Waals surface area contributed by atoms with Crippen molar-refractivity contribution in [2.24, 2.45) is 0 Å². The third kappa shape index (κ3) is 4.01. The Morgan fingerprint density at radius 3 is 2.78 bits per heavy atom. The van der Waals surface area contributed by atoms with Gasteiger partial charge in [0.05, 0.1) is 13.2 Å². The van der Waals surface area contributed by atoms with E-state index in [1.165, 1.54) is 5.56 Å². The molecule has 7 heteroatoms. The van der Waals surface area contributed by atoms with E-state index in [-0.39, 0.29) is 12.4 Å². The molecule has 0 saturated heterocycles. The van der Waals surface area contributed by atoms with Crippen LogP contribution in [-0.4, -0.2) is 23.3 Å². The fraction of sp³-hybridized carbons (Fsp3) is 0.300. The predicted molar refractivity (Wildman–Crippen MR) is 108 cm³/mol. The van der Waals surface area contributed by atoms with E-state index in [4.69, 9.17) is 15.0 Å². The van der Waals surface area contributed by atoms with Gasteiger partial charge in [-0.2, -0.15) is 4.98 Å². The second-order valence-electron chi connectivity index (χ2n) is 6.34. The van der Waals surface area contributed by atoms with Crippen LogP contribution < -0.4 is 15.4 Å². The van der Waals surface area contributed by atoms with Crippen molar-refractivity contribution >= 4 is 23.8 Å². The Morgan fingerprint density at radius 1 is 1.19 bits per heavy atom. The number of hydrogen-bond donors (Lipinski definition) is 1. The summed E-state index contributed by atoms with van der Waals surface area (Å²) in [6.45, 7) is 4.15. The molecule has 0 saturated carbocycles. The number of anilines is 2. The Kier molecular flexibility index (Phi) is 5.86. The van der Waals surface area contributed by atoms with Crippen LogP contribution in [0.1, 0.15) is 24.8 Å². The molecular formula is C20H23ClN4O2. The molecular weight excluding hydrogens is 364 g/mol. The number of aromatic nitrogens is 2. The summed E-state index contributed by atoms with van der Waals surface area (Å²) in [5, 5.41) is 4.12. The average molecular weight is 387 g/mol. The normalized spacial score (nSPS) is 13.0. The van der Waals surface area contributed by atoms with Crippen LogP contribution in [0.2, 0.25) is 0 Å². The lowest BCUT2D eigenvalue weighted by Crippen LogP contribution is -2.29. The van der Waals surface area contributed by atoms with E-state index >= 15 is 0 Å². The molecule has 0 aliphatic carbocycles. The first kappa shape index (κ1) is 19.0. The summed E-state index contributed by atoms with van der Waals surface area (Å²) in [5.74, 6) is 2.03. The average Bonchev–Trinajstić information content (AvgIpc) is 3.12. The molecule has 27 heavy (non-hydrogen) atoms. The van der Waals surface area contributed by atoms with Gasteiger partial charge in [-0.05, 0) is 61.7 Å². The molecule has 1 aliphatic heterocycles. The zero-order valence-corrected chi connectivity index (χ0v) is 16.0. The fourth-order valence-electron chi connectivity index (χ4n) is 3.36. The summed E-state index contributed by atoms with van der Waals surface area (Å²) >= 11 is 0. The van der Waals surface area contributed by atoms with Crippen LogP contribution in [0.5, 0.6) is 5.75 Å². The molecule has 0 bridgehead atoms. The molecule has 0 spiro atoms. The van der Waals surface area contributed by atoms with Crippen molar-refractivity contribution in [3.63, 3.8) is 0 Å². The molecule has 2 N–H and O–H groups in total. The Labute approximate surface area is 164 Å². The van der Waals surface area contributed by atoms with Crippen LogP contribution in [0.3, 0.4) is 0 Å². The highest BCUT2D eigenvalue weighted by Gasteiger charge is 2.21. The minimum absolute atomic E-state index is 0. The zero-order chi connectivity index (χ0) is 17.9. The lowest BCUT2D eigenvalue weighted by Gasteiger charge is -2.30. The summed E-state index contributed by atoms with van der Waals surface area (Å²) < 4.78 is 10.9. The number of hydrogen-bond acceptors (Lipinski definition) is 6. The monoisotopic (exact) mass is 386 g/mol. The van der Waals surface area contributed by atoms with E-state index in [2.05, 4.69) is 21.1 Å². The molecule has 1 aliphatic rings. The lowest BCUT2D eigenvalue weighted by molar-refractivity contribution is 0.340. The van der Waals surface area contributed by atoms with E-state index in [9.17, 15) is 0 Å². The quantitative estimate of drug-likeness (QED) is 0.665. The van der Waals surface area contributed by atoms with Gasteiger partial charge in [-0.25, -0.2) is 0 Å². The maximum atomic E-state index is 6.12. The van der Waals surface area contributed by atoms with Crippen LogP contribution in [0, 0.1) is 0 Å². The van der Waals surface area contributed by atoms with Gasteiger partial charge in [0.25, 0.3) is 0 Å². The number of ether oxygens (including phenoxy) is 1. The van der Waals surface area contributed by atoms with Crippen molar-refractivity contribution in [3.8, 4) is 17.1 Å². The maximum Gasteiger partial charge on any atom is 0.246 e. The van der Waals surface area contributed by atoms with E-state index in [0.29, 0.717) is 24.9 Å². The van der Waals surface area contributed by atoms with Crippen LogP contribution in [0.25, 0.3) is 11.4 Å². The van der Waals surface area contributed by atoms with Crippen LogP contribution in [-0.2, 0) is 13.0 Å². The molecule has 0 radical (unpaired) electrons. The molecule has 142 valence electrons. The van der Waals surface area contributed by atoms with Crippen molar-refractivity contribution in [1.29, 1.82) is 0 Å². The molecule has 1 aromatic heterocycles. The first-order valence-electron chi connectivity index (χ1n) is 8.92. The van der Waals surface area contributed by atoms with Crippen molar-refractivity contribution in [3.05, 3.63) is 53.9 Å². The van der Waals surface area contributed by atoms with E-state index in [1.807, 2.05) is 43.3 Å². The minimum atomic E-state index is 0. The Bertz CT molecular complexity index is 895. The lowest BCUT2D eigenvalue weighted by atomic mass is 10.00. The molecule has 2 heterocycles. The molecule has 0 atom stereocenters. The predicted octanol–water partition coefficient (Wildman–Crippen LogP) is 4.09. The van der Waals surface area contributed by atoms with Gasteiger partial charge in [-0.1, -0.05) is 11.2 Å². The van der Waals surface area contributed by atoms with E-state index in [1.54, 1.807) is 0 Å². The third-order valence-corrected chi connectivity index (χ3v) is 4.60. The SMILES string of the molecule is CCOc1ccc(-c2noc(CN3CCCc4c(N)cccc43)n2)cc1.Cl. The van der Waals surface area contributed by atoms with Crippen LogP contribution >= 0.6 is 12.4 Å². The van der Waals surface area contributed by atoms with Crippen molar-refractivity contribution in [2.75, 3.05) is 23.8 Å². The van der Waals surface area contributed by atoms with Gasteiger partial charge in [-0.15, -0.1) is 12.4 Å². The van der Waals surface area contributed by atoms with E-state index in [0.717, 1.165) is 42.1 Å².